The molecule has 0 amide bonds. The molecule has 0 aliphatic carbocycles. The lowest BCUT2D eigenvalue weighted by Gasteiger charge is -2.22. The third-order valence-electron chi connectivity index (χ3n) is 4.66. The second-order valence-electron chi connectivity index (χ2n) is 6.72. The van der Waals surface area contributed by atoms with Crippen LogP contribution in [0.5, 0.6) is 0 Å². The Hall–Kier alpha value is -2.31. The summed E-state index contributed by atoms with van der Waals surface area (Å²) < 4.78 is 13.5. The molecule has 146 valence electrons. The van der Waals surface area contributed by atoms with E-state index in [-0.39, 0.29) is 0 Å². The molecule has 3 rings (SSSR count). The van der Waals surface area contributed by atoms with Gasteiger partial charge in [-0.05, 0) is 36.1 Å². The summed E-state index contributed by atoms with van der Waals surface area (Å²) in [6, 6.07) is 12.6. The van der Waals surface area contributed by atoms with Crippen LogP contribution in [0.4, 0.5) is 0 Å². The highest BCUT2D eigenvalue weighted by molar-refractivity contribution is 5.79. The zero-order valence-electron chi connectivity index (χ0n) is 16.1. The Morgan fingerprint density at radius 3 is 2.70 bits per heavy atom. The number of nitrogens with zero attached hydrogens (tertiary/aromatic N) is 2. The summed E-state index contributed by atoms with van der Waals surface area (Å²) in [7, 11) is 1.79. The number of aromatic nitrogens is 1. The van der Waals surface area contributed by atoms with Crippen molar-refractivity contribution in [2.75, 3.05) is 26.8 Å². The van der Waals surface area contributed by atoms with Gasteiger partial charge in [0, 0.05) is 52.3 Å². The minimum atomic E-state index is 0.323. The number of aliphatic imine (C=N–C) groups is 1. The maximum atomic E-state index is 6.02. The number of nitrogens with one attached hydrogen (secondary N) is 2. The van der Waals surface area contributed by atoms with Gasteiger partial charge in [0.25, 0.3) is 0 Å². The van der Waals surface area contributed by atoms with Crippen LogP contribution in [0, 0.1) is 0 Å². The fraction of sp³-hybridized carbons (Fsp3) is 0.476. The van der Waals surface area contributed by atoms with Gasteiger partial charge in [-0.3, -0.25) is 4.99 Å². The van der Waals surface area contributed by atoms with Crippen LogP contribution < -0.4 is 10.6 Å². The average molecular weight is 370 g/mol. The van der Waals surface area contributed by atoms with E-state index in [1.54, 1.807) is 7.05 Å². The minimum absolute atomic E-state index is 0.323. The highest BCUT2D eigenvalue weighted by Crippen LogP contribution is 2.14. The molecule has 0 spiro atoms. The van der Waals surface area contributed by atoms with E-state index in [1.165, 1.54) is 11.1 Å². The number of ether oxygens (including phenoxy) is 2. The first-order valence-electron chi connectivity index (χ1n) is 9.66. The molecule has 0 atom stereocenters. The van der Waals surface area contributed by atoms with Crippen molar-refractivity contribution < 1.29 is 9.47 Å². The largest absolute Gasteiger partial charge is 0.381 e. The van der Waals surface area contributed by atoms with Crippen molar-refractivity contribution in [3.8, 4) is 0 Å². The molecule has 2 N–H and O–H groups in total. The highest BCUT2D eigenvalue weighted by Gasteiger charge is 2.14. The second kappa shape index (κ2) is 10.7. The van der Waals surface area contributed by atoms with Crippen LogP contribution in [-0.4, -0.2) is 43.4 Å². The maximum absolute atomic E-state index is 6.02. The van der Waals surface area contributed by atoms with E-state index >= 15 is 0 Å². The summed E-state index contributed by atoms with van der Waals surface area (Å²) in [5.74, 6) is 0.811. The Balaban J connectivity index is 1.41. The zero-order valence-corrected chi connectivity index (χ0v) is 16.1. The summed E-state index contributed by atoms with van der Waals surface area (Å²) in [6.07, 6.45) is 6.43. The van der Waals surface area contributed by atoms with E-state index in [0.717, 1.165) is 51.6 Å². The van der Waals surface area contributed by atoms with E-state index < -0.39 is 0 Å². The second-order valence-corrected chi connectivity index (χ2v) is 6.72. The topological polar surface area (TPSA) is 59.8 Å². The quantitative estimate of drug-likeness (QED) is 0.554. The Labute approximate surface area is 161 Å². The predicted molar refractivity (Wildman–Crippen MR) is 108 cm³/mol. The lowest BCUT2D eigenvalue weighted by atomic mass is 10.1. The van der Waals surface area contributed by atoms with Crippen molar-refractivity contribution in [2.24, 2.45) is 4.99 Å². The summed E-state index contributed by atoms with van der Waals surface area (Å²) in [5, 5.41) is 6.71. The van der Waals surface area contributed by atoms with Crippen LogP contribution in [-0.2, 0) is 29.2 Å². The van der Waals surface area contributed by atoms with Crippen LogP contribution >= 0.6 is 0 Å². The van der Waals surface area contributed by atoms with Crippen LogP contribution in [0.15, 0.2) is 53.8 Å². The number of guanidine groups is 1. The van der Waals surface area contributed by atoms with Gasteiger partial charge in [0.15, 0.2) is 5.96 Å². The Kier molecular flexibility index (Phi) is 7.74. The molecule has 6 nitrogen and oxygen atoms in total. The summed E-state index contributed by atoms with van der Waals surface area (Å²) in [4.78, 5) is 4.29. The monoisotopic (exact) mass is 370 g/mol. The van der Waals surface area contributed by atoms with Crippen LogP contribution in [0.2, 0.25) is 0 Å². The van der Waals surface area contributed by atoms with Gasteiger partial charge in [-0.1, -0.05) is 24.3 Å². The highest BCUT2D eigenvalue weighted by atomic mass is 16.5. The smallest absolute Gasteiger partial charge is 0.191 e. The molecular formula is C21H30N4O2. The molecule has 1 aromatic heterocycles. The zero-order chi connectivity index (χ0) is 18.7. The normalized spacial score (nSPS) is 15.7. The maximum Gasteiger partial charge on any atom is 0.191 e. The van der Waals surface area contributed by atoms with E-state index in [0.29, 0.717) is 12.7 Å². The van der Waals surface area contributed by atoms with E-state index in [9.17, 15) is 0 Å². The number of rotatable bonds is 8. The first kappa shape index (κ1) is 19.5. The molecule has 2 aromatic rings. The van der Waals surface area contributed by atoms with Crippen LogP contribution in [0.3, 0.4) is 0 Å². The third kappa shape index (κ3) is 6.73. The molecule has 2 heterocycles. The molecule has 0 unspecified atom stereocenters. The molecule has 0 radical (unpaired) electrons. The number of hydrogen-bond acceptors (Lipinski definition) is 3. The van der Waals surface area contributed by atoms with Crippen molar-refractivity contribution >= 4 is 5.96 Å². The van der Waals surface area contributed by atoms with Crippen molar-refractivity contribution in [3.05, 3.63) is 59.9 Å². The molecule has 1 fully saturated rings. The summed E-state index contributed by atoms with van der Waals surface area (Å²) in [5.41, 5.74) is 2.42. The first-order valence-corrected chi connectivity index (χ1v) is 9.66. The summed E-state index contributed by atoms with van der Waals surface area (Å²) in [6.45, 7) is 4.74. The minimum Gasteiger partial charge on any atom is -0.381 e. The van der Waals surface area contributed by atoms with Gasteiger partial charge in [-0.2, -0.15) is 0 Å². The molecule has 0 bridgehead atoms. The molecular weight excluding hydrogens is 340 g/mol. The lowest BCUT2D eigenvalue weighted by molar-refractivity contribution is -0.0390. The predicted octanol–water partition coefficient (Wildman–Crippen LogP) is 2.55. The molecule has 6 heteroatoms. The third-order valence-corrected chi connectivity index (χ3v) is 4.66. The summed E-state index contributed by atoms with van der Waals surface area (Å²) >= 11 is 0. The van der Waals surface area contributed by atoms with Gasteiger partial charge in [0.2, 0.25) is 0 Å². The molecule has 27 heavy (non-hydrogen) atoms. The van der Waals surface area contributed by atoms with Crippen molar-refractivity contribution in [2.45, 2.75) is 38.6 Å². The Morgan fingerprint density at radius 1 is 1.15 bits per heavy atom. The van der Waals surface area contributed by atoms with E-state index in [4.69, 9.17) is 9.47 Å². The van der Waals surface area contributed by atoms with Crippen LogP contribution in [0.25, 0.3) is 0 Å². The average Bonchev–Trinajstić information content (AvgIpc) is 3.23. The molecule has 1 aliphatic heterocycles. The van der Waals surface area contributed by atoms with E-state index in [1.807, 2.05) is 12.1 Å². The van der Waals surface area contributed by atoms with Gasteiger partial charge in [0.05, 0.1) is 12.7 Å². The van der Waals surface area contributed by atoms with Crippen LogP contribution in [0.1, 0.15) is 24.0 Å². The molecule has 1 aromatic carbocycles. The van der Waals surface area contributed by atoms with Gasteiger partial charge in [-0.15, -0.1) is 0 Å². The number of hydrogen-bond donors (Lipinski definition) is 2. The van der Waals surface area contributed by atoms with Gasteiger partial charge in [0.1, 0.15) is 0 Å². The lowest BCUT2D eigenvalue weighted by Crippen LogP contribution is -2.38. The Bertz CT molecular complexity index is 694. The van der Waals surface area contributed by atoms with Gasteiger partial charge >= 0.3 is 0 Å². The van der Waals surface area contributed by atoms with Crippen molar-refractivity contribution in [3.63, 3.8) is 0 Å². The first-order chi connectivity index (χ1) is 13.3. The Morgan fingerprint density at radius 2 is 1.93 bits per heavy atom. The molecule has 1 aliphatic rings. The number of benzene rings is 1. The van der Waals surface area contributed by atoms with Gasteiger partial charge in [-0.25, -0.2) is 0 Å². The van der Waals surface area contributed by atoms with Crippen molar-refractivity contribution in [1.82, 2.24) is 15.2 Å². The molecule has 1 saturated heterocycles. The van der Waals surface area contributed by atoms with E-state index in [2.05, 4.69) is 56.9 Å². The fourth-order valence-corrected chi connectivity index (χ4v) is 3.12. The fourth-order valence-electron chi connectivity index (χ4n) is 3.12. The van der Waals surface area contributed by atoms with Crippen molar-refractivity contribution in [1.29, 1.82) is 0 Å². The SMILES string of the molecule is CN=C(NCCn1cccc1)NCc1cccc(COC2CCOCC2)c1. The standard InChI is InChI=1S/C21H30N4O2/c1-22-21(23-9-12-25-10-2-3-11-25)24-16-18-5-4-6-19(15-18)17-27-20-7-13-26-14-8-20/h2-6,10-11,15,20H,7-9,12-14,16-17H2,1H3,(H2,22,23,24). The van der Waals surface area contributed by atoms with Gasteiger partial charge < -0.3 is 24.7 Å². The molecule has 0 saturated carbocycles.